The van der Waals surface area contributed by atoms with Crippen LogP contribution in [0.5, 0.6) is 0 Å². The van der Waals surface area contributed by atoms with Gasteiger partial charge >= 0.3 is 0 Å². The molecule has 0 atom stereocenters. The van der Waals surface area contributed by atoms with Crippen molar-refractivity contribution in [3.8, 4) is 0 Å². The number of benzene rings is 1. The Balaban J connectivity index is 2.52. The van der Waals surface area contributed by atoms with Crippen molar-refractivity contribution in [2.24, 2.45) is 0 Å². The predicted octanol–water partition coefficient (Wildman–Crippen LogP) is 2.99. The SMILES string of the molecule is CC(C)c1ccccc1NCCCCO. The third-order valence-corrected chi connectivity index (χ3v) is 2.48. The first kappa shape index (κ1) is 12.1. The number of nitrogens with one attached hydrogen (secondary N) is 1. The van der Waals surface area contributed by atoms with Crippen molar-refractivity contribution in [2.75, 3.05) is 18.5 Å². The van der Waals surface area contributed by atoms with Gasteiger partial charge in [0, 0.05) is 18.8 Å². The molecule has 2 heteroatoms. The van der Waals surface area contributed by atoms with E-state index in [4.69, 9.17) is 5.11 Å². The lowest BCUT2D eigenvalue weighted by Crippen LogP contribution is -2.05. The zero-order valence-corrected chi connectivity index (χ0v) is 9.66. The van der Waals surface area contributed by atoms with Crippen molar-refractivity contribution in [1.82, 2.24) is 0 Å². The maximum absolute atomic E-state index is 8.68. The molecule has 2 nitrogen and oxygen atoms in total. The number of aliphatic hydroxyl groups excluding tert-OH is 1. The first-order valence-corrected chi connectivity index (χ1v) is 5.69. The molecule has 0 aliphatic rings. The van der Waals surface area contributed by atoms with E-state index in [1.165, 1.54) is 11.3 Å². The van der Waals surface area contributed by atoms with Gasteiger partial charge < -0.3 is 10.4 Å². The first-order valence-electron chi connectivity index (χ1n) is 5.69. The Labute approximate surface area is 92.3 Å². The molecule has 1 rings (SSSR count). The van der Waals surface area contributed by atoms with Crippen LogP contribution in [0.15, 0.2) is 24.3 Å². The van der Waals surface area contributed by atoms with E-state index in [-0.39, 0.29) is 6.61 Å². The Morgan fingerprint density at radius 2 is 1.93 bits per heavy atom. The highest BCUT2D eigenvalue weighted by molar-refractivity contribution is 5.52. The second kappa shape index (κ2) is 6.46. The minimum Gasteiger partial charge on any atom is -0.396 e. The first-order chi connectivity index (χ1) is 7.25. The van der Waals surface area contributed by atoms with Crippen molar-refractivity contribution in [3.05, 3.63) is 29.8 Å². The summed E-state index contributed by atoms with van der Waals surface area (Å²) in [5.74, 6) is 0.548. The minimum absolute atomic E-state index is 0.285. The van der Waals surface area contributed by atoms with Gasteiger partial charge in [-0.1, -0.05) is 32.0 Å². The van der Waals surface area contributed by atoms with Crippen LogP contribution < -0.4 is 5.32 Å². The second-order valence-electron chi connectivity index (χ2n) is 4.10. The summed E-state index contributed by atoms with van der Waals surface area (Å²) in [4.78, 5) is 0. The summed E-state index contributed by atoms with van der Waals surface area (Å²) in [6.07, 6.45) is 1.89. The fourth-order valence-corrected chi connectivity index (χ4v) is 1.62. The largest absolute Gasteiger partial charge is 0.396 e. The van der Waals surface area contributed by atoms with Crippen molar-refractivity contribution in [2.45, 2.75) is 32.6 Å². The highest BCUT2D eigenvalue weighted by Gasteiger charge is 2.04. The Morgan fingerprint density at radius 1 is 1.20 bits per heavy atom. The molecule has 0 saturated carbocycles. The maximum Gasteiger partial charge on any atom is 0.0431 e. The molecule has 0 aliphatic heterocycles. The van der Waals surface area contributed by atoms with E-state index < -0.39 is 0 Å². The van der Waals surface area contributed by atoms with Gasteiger partial charge in [0.25, 0.3) is 0 Å². The van der Waals surface area contributed by atoms with Crippen LogP contribution in [-0.2, 0) is 0 Å². The van der Waals surface area contributed by atoms with Gasteiger partial charge in [-0.15, -0.1) is 0 Å². The summed E-state index contributed by atoms with van der Waals surface area (Å²) in [5.41, 5.74) is 2.59. The molecule has 15 heavy (non-hydrogen) atoms. The molecule has 0 unspecified atom stereocenters. The number of unbranched alkanes of at least 4 members (excludes halogenated alkanes) is 1. The second-order valence-corrected chi connectivity index (χ2v) is 4.10. The Bertz CT molecular complexity index is 284. The van der Waals surface area contributed by atoms with E-state index in [1.807, 2.05) is 0 Å². The van der Waals surface area contributed by atoms with E-state index in [0.29, 0.717) is 5.92 Å². The predicted molar refractivity (Wildman–Crippen MR) is 65.3 cm³/mol. The van der Waals surface area contributed by atoms with Crippen molar-refractivity contribution < 1.29 is 5.11 Å². The van der Waals surface area contributed by atoms with E-state index in [9.17, 15) is 0 Å². The third-order valence-electron chi connectivity index (χ3n) is 2.48. The van der Waals surface area contributed by atoms with Crippen LogP contribution in [0.2, 0.25) is 0 Å². The highest BCUT2D eigenvalue weighted by atomic mass is 16.2. The zero-order valence-electron chi connectivity index (χ0n) is 9.66. The lowest BCUT2D eigenvalue weighted by atomic mass is 10.0. The van der Waals surface area contributed by atoms with Gasteiger partial charge in [-0.3, -0.25) is 0 Å². The fourth-order valence-electron chi connectivity index (χ4n) is 1.62. The molecule has 0 amide bonds. The fraction of sp³-hybridized carbons (Fsp3) is 0.538. The quantitative estimate of drug-likeness (QED) is 0.703. The molecule has 0 fully saturated rings. The number of rotatable bonds is 6. The Hall–Kier alpha value is -1.02. The van der Waals surface area contributed by atoms with Gasteiger partial charge in [-0.05, 0) is 30.4 Å². The van der Waals surface area contributed by atoms with Crippen LogP contribution in [0.25, 0.3) is 0 Å². The lowest BCUT2D eigenvalue weighted by molar-refractivity contribution is 0.286. The number of aliphatic hydroxyl groups is 1. The van der Waals surface area contributed by atoms with Gasteiger partial charge in [-0.2, -0.15) is 0 Å². The Kier molecular flexibility index (Phi) is 5.19. The van der Waals surface area contributed by atoms with E-state index in [1.54, 1.807) is 0 Å². The van der Waals surface area contributed by atoms with Gasteiger partial charge in [0.05, 0.1) is 0 Å². The van der Waals surface area contributed by atoms with Gasteiger partial charge in [0.2, 0.25) is 0 Å². The summed E-state index contributed by atoms with van der Waals surface area (Å²) >= 11 is 0. The van der Waals surface area contributed by atoms with E-state index in [2.05, 4.69) is 43.4 Å². The van der Waals surface area contributed by atoms with Crippen LogP contribution in [-0.4, -0.2) is 18.3 Å². The van der Waals surface area contributed by atoms with Crippen molar-refractivity contribution >= 4 is 5.69 Å². The Morgan fingerprint density at radius 3 is 2.60 bits per heavy atom. The van der Waals surface area contributed by atoms with Gasteiger partial charge in [0.15, 0.2) is 0 Å². The number of hydrogen-bond acceptors (Lipinski definition) is 2. The van der Waals surface area contributed by atoms with E-state index >= 15 is 0 Å². The summed E-state index contributed by atoms with van der Waals surface area (Å²) in [6, 6.07) is 8.42. The topological polar surface area (TPSA) is 32.3 Å². The number of para-hydroxylation sites is 1. The molecule has 0 heterocycles. The number of anilines is 1. The summed E-state index contributed by atoms with van der Waals surface area (Å²) in [5, 5.41) is 12.1. The molecule has 1 aromatic carbocycles. The molecule has 0 aliphatic carbocycles. The normalized spacial score (nSPS) is 10.7. The lowest BCUT2D eigenvalue weighted by Gasteiger charge is -2.14. The van der Waals surface area contributed by atoms with Crippen molar-refractivity contribution in [1.29, 1.82) is 0 Å². The van der Waals surface area contributed by atoms with Crippen LogP contribution in [0, 0.1) is 0 Å². The zero-order chi connectivity index (χ0) is 11.1. The molecular weight excluding hydrogens is 186 g/mol. The average Bonchev–Trinajstić information content (AvgIpc) is 2.25. The highest BCUT2D eigenvalue weighted by Crippen LogP contribution is 2.23. The van der Waals surface area contributed by atoms with Crippen LogP contribution in [0.3, 0.4) is 0 Å². The molecule has 1 aromatic rings. The molecule has 2 N–H and O–H groups in total. The summed E-state index contributed by atoms with van der Waals surface area (Å²) in [7, 11) is 0. The van der Waals surface area contributed by atoms with Gasteiger partial charge in [0.1, 0.15) is 0 Å². The monoisotopic (exact) mass is 207 g/mol. The van der Waals surface area contributed by atoms with Gasteiger partial charge in [-0.25, -0.2) is 0 Å². The van der Waals surface area contributed by atoms with Crippen LogP contribution in [0.1, 0.15) is 38.2 Å². The molecule has 0 aromatic heterocycles. The average molecular weight is 207 g/mol. The molecular formula is C13H21NO. The molecule has 0 spiro atoms. The van der Waals surface area contributed by atoms with Crippen LogP contribution >= 0.6 is 0 Å². The minimum atomic E-state index is 0.285. The number of hydrogen-bond donors (Lipinski definition) is 2. The van der Waals surface area contributed by atoms with Crippen molar-refractivity contribution in [3.63, 3.8) is 0 Å². The molecule has 0 saturated heterocycles. The summed E-state index contributed by atoms with van der Waals surface area (Å²) in [6.45, 7) is 5.63. The standard InChI is InChI=1S/C13H21NO/c1-11(2)12-7-3-4-8-13(12)14-9-5-6-10-15/h3-4,7-8,11,14-15H,5-6,9-10H2,1-2H3. The van der Waals surface area contributed by atoms with Crippen LogP contribution in [0.4, 0.5) is 5.69 Å². The van der Waals surface area contributed by atoms with E-state index in [0.717, 1.165) is 19.4 Å². The smallest absolute Gasteiger partial charge is 0.0431 e. The third kappa shape index (κ3) is 3.92. The molecule has 0 bridgehead atoms. The molecule has 0 radical (unpaired) electrons. The summed E-state index contributed by atoms with van der Waals surface area (Å²) < 4.78 is 0. The maximum atomic E-state index is 8.68. The molecule has 84 valence electrons.